The van der Waals surface area contributed by atoms with Gasteiger partial charge in [0.2, 0.25) is 4.96 Å². The Bertz CT molecular complexity index is 1190. The smallest absolute Gasteiger partial charge is 0.255 e. The van der Waals surface area contributed by atoms with Crippen LogP contribution in [0.5, 0.6) is 5.75 Å². The number of methoxy groups -OCH3 is 1. The Kier molecular flexibility index (Phi) is 5.46. The van der Waals surface area contributed by atoms with Crippen LogP contribution in [0.25, 0.3) is 15.5 Å². The topological polar surface area (TPSA) is 81.4 Å². The van der Waals surface area contributed by atoms with Gasteiger partial charge in [-0.2, -0.15) is 9.61 Å². The van der Waals surface area contributed by atoms with E-state index in [4.69, 9.17) is 16.3 Å². The molecule has 7 nitrogen and oxygen atoms in total. The van der Waals surface area contributed by atoms with Crippen molar-refractivity contribution < 1.29 is 9.53 Å². The molecule has 1 amide bonds. The van der Waals surface area contributed by atoms with E-state index >= 15 is 0 Å². The molecule has 0 aliphatic rings. The first-order chi connectivity index (χ1) is 14.1. The molecule has 0 bridgehead atoms. The third kappa shape index (κ3) is 3.94. The summed E-state index contributed by atoms with van der Waals surface area (Å²) < 4.78 is 6.91. The maximum absolute atomic E-state index is 12.6. The summed E-state index contributed by atoms with van der Waals surface area (Å²) in [6.45, 7) is 2.09. The van der Waals surface area contributed by atoms with Crippen molar-refractivity contribution in [3.63, 3.8) is 0 Å². The first-order valence-electron chi connectivity index (χ1n) is 9.05. The van der Waals surface area contributed by atoms with Crippen molar-refractivity contribution in [1.29, 1.82) is 0 Å². The molecule has 0 atom stereocenters. The van der Waals surface area contributed by atoms with E-state index < -0.39 is 0 Å². The summed E-state index contributed by atoms with van der Waals surface area (Å²) in [5, 5.41) is 17.1. The molecule has 4 aromatic rings. The lowest BCUT2D eigenvalue weighted by atomic mass is 10.1. The molecule has 148 valence electrons. The summed E-state index contributed by atoms with van der Waals surface area (Å²) >= 11 is 7.58. The van der Waals surface area contributed by atoms with E-state index in [1.807, 2.05) is 24.3 Å². The Morgan fingerprint density at radius 1 is 1.24 bits per heavy atom. The van der Waals surface area contributed by atoms with Crippen LogP contribution in [0.15, 0.2) is 42.5 Å². The molecule has 0 saturated heterocycles. The van der Waals surface area contributed by atoms with Crippen molar-refractivity contribution in [3.8, 4) is 16.3 Å². The molecule has 0 saturated carbocycles. The van der Waals surface area contributed by atoms with E-state index in [0.29, 0.717) is 22.0 Å². The molecule has 0 fully saturated rings. The molecular weight excluding hydrogens is 410 g/mol. The van der Waals surface area contributed by atoms with Crippen LogP contribution < -0.4 is 10.1 Å². The lowest BCUT2D eigenvalue weighted by Gasteiger charge is -2.08. The van der Waals surface area contributed by atoms with Crippen molar-refractivity contribution in [2.45, 2.75) is 19.8 Å². The predicted octanol–water partition coefficient (Wildman–Crippen LogP) is 4.72. The number of aromatic nitrogens is 4. The molecular formula is C20H18ClN5O2S. The Morgan fingerprint density at radius 2 is 2.10 bits per heavy atom. The third-order valence-corrected chi connectivity index (χ3v) is 5.55. The van der Waals surface area contributed by atoms with Crippen LogP contribution in [-0.2, 0) is 6.42 Å². The number of amides is 1. The molecule has 2 aromatic carbocycles. The number of anilines is 1. The number of halogens is 1. The summed E-state index contributed by atoms with van der Waals surface area (Å²) in [6.07, 6.45) is 1.80. The molecule has 0 aliphatic heterocycles. The maximum Gasteiger partial charge on any atom is 0.255 e. The van der Waals surface area contributed by atoms with Crippen LogP contribution in [0.2, 0.25) is 5.02 Å². The molecule has 0 unspecified atom stereocenters. The van der Waals surface area contributed by atoms with Gasteiger partial charge in [-0.05, 0) is 36.8 Å². The third-order valence-electron chi connectivity index (χ3n) is 4.31. The van der Waals surface area contributed by atoms with Crippen molar-refractivity contribution >= 4 is 39.5 Å². The number of benzene rings is 2. The largest absolute Gasteiger partial charge is 0.495 e. The normalized spacial score (nSPS) is 11.0. The number of rotatable bonds is 6. The molecule has 2 aromatic heterocycles. The van der Waals surface area contributed by atoms with E-state index in [-0.39, 0.29) is 5.91 Å². The van der Waals surface area contributed by atoms with Gasteiger partial charge in [-0.1, -0.05) is 42.0 Å². The van der Waals surface area contributed by atoms with Gasteiger partial charge in [0, 0.05) is 23.2 Å². The van der Waals surface area contributed by atoms with Crippen LogP contribution in [0, 0.1) is 0 Å². The maximum atomic E-state index is 12.6. The Morgan fingerprint density at radius 3 is 2.86 bits per heavy atom. The lowest BCUT2D eigenvalue weighted by Crippen LogP contribution is -2.11. The minimum absolute atomic E-state index is 0.255. The summed E-state index contributed by atoms with van der Waals surface area (Å²) in [6, 6.07) is 12.5. The highest BCUT2D eigenvalue weighted by molar-refractivity contribution is 7.19. The standard InChI is InChI=1S/C20H18ClN5O2S/c1-3-5-17-23-24-20-26(17)25-19(29-20)13-6-4-7-14(10-13)22-18(27)12-8-9-16(28-2)15(21)11-12/h4,6-11H,3,5H2,1-2H3,(H,22,27). The lowest BCUT2D eigenvalue weighted by molar-refractivity contribution is 0.102. The van der Waals surface area contributed by atoms with Crippen molar-refractivity contribution in [2.24, 2.45) is 0 Å². The second kappa shape index (κ2) is 8.18. The van der Waals surface area contributed by atoms with Crippen molar-refractivity contribution in [3.05, 3.63) is 58.9 Å². The summed E-state index contributed by atoms with van der Waals surface area (Å²) in [5.74, 6) is 1.12. The van der Waals surface area contributed by atoms with Crippen molar-refractivity contribution in [2.75, 3.05) is 12.4 Å². The highest BCUT2D eigenvalue weighted by Gasteiger charge is 2.14. The zero-order valence-corrected chi connectivity index (χ0v) is 17.4. The fraction of sp³-hybridized carbons (Fsp3) is 0.200. The highest BCUT2D eigenvalue weighted by atomic mass is 35.5. The average Bonchev–Trinajstić information content (AvgIpc) is 3.30. The fourth-order valence-electron chi connectivity index (χ4n) is 2.89. The second-order valence-electron chi connectivity index (χ2n) is 6.35. The number of carbonyl (C=O) groups excluding carboxylic acids is 1. The number of hydrogen-bond donors (Lipinski definition) is 1. The van der Waals surface area contributed by atoms with Gasteiger partial charge in [0.05, 0.1) is 12.1 Å². The zero-order chi connectivity index (χ0) is 20.4. The van der Waals surface area contributed by atoms with Gasteiger partial charge in [-0.25, -0.2) is 0 Å². The molecule has 4 rings (SSSR count). The monoisotopic (exact) mass is 427 g/mol. The van der Waals surface area contributed by atoms with Gasteiger partial charge >= 0.3 is 0 Å². The van der Waals surface area contributed by atoms with Crippen LogP contribution >= 0.6 is 22.9 Å². The SMILES string of the molecule is CCCc1nnc2sc(-c3cccc(NC(=O)c4ccc(OC)c(Cl)c4)c3)nn12. The van der Waals surface area contributed by atoms with E-state index in [0.717, 1.165) is 34.2 Å². The molecule has 29 heavy (non-hydrogen) atoms. The minimum Gasteiger partial charge on any atom is -0.495 e. The average molecular weight is 428 g/mol. The van der Waals surface area contributed by atoms with Gasteiger partial charge < -0.3 is 10.1 Å². The number of nitrogens with zero attached hydrogens (tertiary/aromatic N) is 4. The minimum atomic E-state index is -0.255. The molecule has 0 spiro atoms. The number of ether oxygens (including phenoxy) is 1. The fourth-order valence-corrected chi connectivity index (χ4v) is 4.01. The summed E-state index contributed by atoms with van der Waals surface area (Å²) in [4.78, 5) is 13.3. The first-order valence-corrected chi connectivity index (χ1v) is 10.2. The predicted molar refractivity (Wildman–Crippen MR) is 114 cm³/mol. The van der Waals surface area contributed by atoms with Gasteiger partial charge in [-0.3, -0.25) is 4.79 Å². The van der Waals surface area contributed by atoms with Gasteiger partial charge in [0.1, 0.15) is 10.8 Å². The number of aryl methyl sites for hydroxylation is 1. The summed E-state index contributed by atoms with van der Waals surface area (Å²) in [7, 11) is 1.53. The van der Waals surface area contributed by atoms with Gasteiger partial charge in [0.25, 0.3) is 5.91 Å². The number of nitrogens with one attached hydrogen (secondary N) is 1. The number of carbonyl (C=O) groups is 1. The van der Waals surface area contributed by atoms with E-state index in [2.05, 4.69) is 27.5 Å². The van der Waals surface area contributed by atoms with Gasteiger partial charge in [-0.15, -0.1) is 10.2 Å². The van der Waals surface area contributed by atoms with Crippen molar-refractivity contribution in [1.82, 2.24) is 19.8 Å². The Hall–Kier alpha value is -2.97. The van der Waals surface area contributed by atoms with E-state index in [1.54, 1.807) is 22.7 Å². The highest BCUT2D eigenvalue weighted by Crippen LogP contribution is 2.28. The first kappa shape index (κ1) is 19.4. The molecule has 0 aliphatic carbocycles. The van der Waals surface area contributed by atoms with Gasteiger partial charge in [0.15, 0.2) is 5.82 Å². The molecule has 0 radical (unpaired) electrons. The zero-order valence-electron chi connectivity index (χ0n) is 15.8. The van der Waals surface area contributed by atoms with E-state index in [9.17, 15) is 4.79 Å². The quantitative estimate of drug-likeness (QED) is 0.481. The molecule has 1 N–H and O–H groups in total. The number of hydrogen-bond acceptors (Lipinski definition) is 6. The Labute approximate surface area is 176 Å². The number of fused-ring (bicyclic) bond motifs is 1. The van der Waals surface area contributed by atoms with Crippen LogP contribution in [0.4, 0.5) is 5.69 Å². The van der Waals surface area contributed by atoms with E-state index in [1.165, 1.54) is 18.4 Å². The Balaban J connectivity index is 1.57. The molecule has 2 heterocycles. The second-order valence-corrected chi connectivity index (χ2v) is 7.72. The van der Waals surface area contributed by atoms with Crippen LogP contribution in [0.3, 0.4) is 0 Å². The molecule has 9 heteroatoms. The van der Waals surface area contributed by atoms with Crippen LogP contribution in [0.1, 0.15) is 29.5 Å². The van der Waals surface area contributed by atoms with Crippen LogP contribution in [-0.4, -0.2) is 32.8 Å². The summed E-state index contributed by atoms with van der Waals surface area (Å²) in [5.41, 5.74) is 2.01.